The number of nitrogen functional groups attached to an aromatic ring is 1. The zero-order valence-corrected chi connectivity index (χ0v) is 10.5. The van der Waals surface area contributed by atoms with E-state index in [2.05, 4.69) is 0 Å². The van der Waals surface area contributed by atoms with Crippen LogP contribution in [0.25, 0.3) is 0 Å². The Balaban J connectivity index is 2.19. The molecule has 2 rings (SSSR count). The van der Waals surface area contributed by atoms with Gasteiger partial charge in [-0.05, 0) is 24.6 Å². The number of carbonyl (C=O) groups is 1. The van der Waals surface area contributed by atoms with Crippen LogP contribution >= 0.6 is 0 Å². The zero-order chi connectivity index (χ0) is 15.1. The van der Waals surface area contributed by atoms with E-state index in [4.69, 9.17) is 5.73 Å². The first-order valence-corrected chi connectivity index (χ1v) is 5.89. The quantitative estimate of drug-likeness (QED) is 0.649. The highest BCUT2D eigenvalue weighted by molar-refractivity contribution is 5.77. The summed E-state index contributed by atoms with van der Waals surface area (Å²) in [6, 6.07) is 0.507. The Morgan fingerprint density at radius 2 is 2.10 bits per heavy atom. The summed E-state index contributed by atoms with van der Waals surface area (Å²) in [5.41, 5.74) is 5.66. The van der Waals surface area contributed by atoms with E-state index in [0.717, 1.165) is 11.0 Å². The summed E-state index contributed by atoms with van der Waals surface area (Å²) in [5, 5.41) is 1.86. The summed E-state index contributed by atoms with van der Waals surface area (Å²) in [6.07, 6.45) is -4.50. The summed E-state index contributed by atoms with van der Waals surface area (Å²) < 4.78 is 51.1. The molecule has 3 N–H and O–H groups in total. The number of amides is 2. The summed E-state index contributed by atoms with van der Waals surface area (Å²) in [4.78, 5) is 12.6. The van der Waals surface area contributed by atoms with Crippen LogP contribution in [0, 0.1) is 5.82 Å². The van der Waals surface area contributed by atoms with Crippen molar-refractivity contribution in [2.24, 2.45) is 0 Å². The lowest BCUT2D eigenvalue weighted by Gasteiger charge is -2.24. The molecule has 1 aliphatic rings. The van der Waals surface area contributed by atoms with Crippen LogP contribution in [0.3, 0.4) is 0 Å². The molecule has 0 radical (unpaired) electrons. The van der Waals surface area contributed by atoms with Crippen molar-refractivity contribution in [2.45, 2.75) is 25.2 Å². The second kappa shape index (κ2) is 4.84. The van der Waals surface area contributed by atoms with Crippen molar-refractivity contribution >= 4 is 11.7 Å². The van der Waals surface area contributed by atoms with Gasteiger partial charge < -0.3 is 16.0 Å². The van der Waals surface area contributed by atoms with Crippen molar-refractivity contribution in [3.63, 3.8) is 0 Å². The van der Waals surface area contributed by atoms with E-state index in [9.17, 15) is 22.4 Å². The van der Waals surface area contributed by atoms with Gasteiger partial charge in [-0.25, -0.2) is 9.18 Å². The largest absolute Gasteiger partial charge is 0.410 e. The standard InChI is InChI=1S/C12H13F4N3O/c1-6(7-2-3-9(17)8(13)4-7)19-5-10(12(14,15)16)18-11(19)20/h2-4,6,10H,5,17H2,1H3,(H,18,20)/t6-,10+/m1/s1. The van der Waals surface area contributed by atoms with Gasteiger partial charge in [-0.1, -0.05) is 6.07 Å². The van der Waals surface area contributed by atoms with Gasteiger partial charge in [0.25, 0.3) is 0 Å². The number of hydrogen-bond donors (Lipinski definition) is 2. The zero-order valence-electron chi connectivity index (χ0n) is 10.5. The Kier molecular flexibility index (Phi) is 3.49. The molecule has 1 aromatic rings. The second-order valence-corrected chi connectivity index (χ2v) is 4.65. The molecule has 0 aromatic heterocycles. The lowest BCUT2D eigenvalue weighted by Crippen LogP contribution is -2.40. The van der Waals surface area contributed by atoms with E-state index in [1.807, 2.05) is 5.32 Å². The molecule has 20 heavy (non-hydrogen) atoms. The van der Waals surface area contributed by atoms with Crippen molar-refractivity contribution < 1.29 is 22.4 Å². The van der Waals surface area contributed by atoms with Crippen molar-refractivity contribution in [1.29, 1.82) is 0 Å². The second-order valence-electron chi connectivity index (χ2n) is 4.65. The SMILES string of the molecule is C[C@H](c1ccc(N)c(F)c1)N1C[C@@H](C(F)(F)F)NC1=O. The number of benzene rings is 1. The van der Waals surface area contributed by atoms with Gasteiger partial charge >= 0.3 is 12.2 Å². The Bertz CT molecular complexity index is 532. The van der Waals surface area contributed by atoms with E-state index in [1.165, 1.54) is 19.1 Å². The summed E-state index contributed by atoms with van der Waals surface area (Å²) >= 11 is 0. The molecule has 0 unspecified atom stereocenters. The molecular weight excluding hydrogens is 278 g/mol. The van der Waals surface area contributed by atoms with E-state index >= 15 is 0 Å². The fourth-order valence-electron chi connectivity index (χ4n) is 2.06. The Morgan fingerprint density at radius 1 is 1.45 bits per heavy atom. The highest BCUT2D eigenvalue weighted by Crippen LogP contribution is 2.30. The lowest BCUT2D eigenvalue weighted by atomic mass is 10.1. The van der Waals surface area contributed by atoms with Gasteiger partial charge in [0.15, 0.2) is 0 Å². The highest BCUT2D eigenvalue weighted by Gasteiger charge is 2.47. The number of anilines is 1. The smallest absolute Gasteiger partial charge is 0.396 e. The van der Waals surface area contributed by atoms with Gasteiger partial charge in [0.1, 0.15) is 11.9 Å². The molecule has 4 nitrogen and oxygen atoms in total. The normalized spacial score (nSPS) is 20.9. The van der Waals surface area contributed by atoms with Crippen LogP contribution in [-0.4, -0.2) is 29.7 Å². The number of carbonyl (C=O) groups excluding carboxylic acids is 1. The predicted octanol–water partition coefficient (Wildman–Crippen LogP) is 2.42. The Morgan fingerprint density at radius 3 is 2.60 bits per heavy atom. The maximum absolute atomic E-state index is 13.4. The maximum Gasteiger partial charge on any atom is 0.410 e. The van der Waals surface area contributed by atoms with E-state index in [1.54, 1.807) is 0 Å². The van der Waals surface area contributed by atoms with Crippen LogP contribution < -0.4 is 11.1 Å². The molecule has 0 aliphatic carbocycles. The average Bonchev–Trinajstić information content (AvgIpc) is 2.74. The van der Waals surface area contributed by atoms with Crippen molar-refractivity contribution in [2.75, 3.05) is 12.3 Å². The van der Waals surface area contributed by atoms with Crippen LogP contribution in [0.4, 0.5) is 28.0 Å². The third-order valence-corrected chi connectivity index (χ3v) is 3.31. The number of nitrogens with zero attached hydrogens (tertiary/aromatic N) is 1. The van der Waals surface area contributed by atoms with Gasteiger partial charge in [0.05, 0.1) is 18.3 Å². The van der Waals surface area contributed by atoms with Gasteiger partial charge in [-0.15, -0.1) is 0 Å². The Hall–Kier alpha value is -1.99. The monoisotopic (exact) mass is 291 g/mol. The van der Waals surface area contributed by atoms with Gasteiger partial charge in [-0.3, -0.25) is 0 Å². The summed E-state index contributed by atoms with van der Waals surface area (Å²) in [6.45, 7) is 1.03. The third-order valence-electron chi connectivity index (χ3n) is 3.31. The lowest BCUT2D eigenvalue weighted by molar-refractivity contribution is -0.150. The van der Waals surface area contributed by atoms with Crippen LogP contribution in [-0.2, 0) is 0 Å². The molecule has 0 saturated carbocycles. The molecule has 1 saturated heterocycles. The molecule has 1 aliphatic heterocycles. The number of nitrogens with two attached hydrogens (primary N) is 1. The fraction of sp³-hybridized carbons (Fsp3) is 0.417. The fourth-order valence-corrected chi connectivity index (χ4v) is 2.06. The topological polar surface area (TPSA) is 58.4 Å². The molecule has 1 aromatic carbocycles. The van der Waals surface area contributed by atoms with Crippen molar-refractivity contribution in [1.82, 2.24) is 10.2 Å². The average molecular weight is 291 g/mol. The molecule has 110 valence electrons. The first kappa shape index (κ1) is 14.4. The molecule has 1 heterocycles. The third kappa shape index (κ3) is 2.63. The molecule has 0 bridgehead atoms. The first-order chi connectivity index (χ1) is 9.20. The van der Waals surface area contributed by atoms with Gasteiger partial charge in [-0.2, -0.15) is 13.2 Å². The number of nitrogens with one attached hydrogen (secondary N) is 1. The van der Waals surface area contributed by atoms with Gasteiger partial charge in [0, 0.05) is 0 Å². The molecule has 2 amide bonds. The van der Waals surface area contributed by atoms with Crippen molar-refractivity contribution in [3.8, 4) is 0 Å². The number of halogens is 4. The van der Waals surface area contributed by atoms with E-state index in [-0.39, 0.29) is 5.69 Å². The first-order valence-electron chi connectivity index (χ1n) is 5.89. The number of rotatable bonds is 2. The van der Waals surface area contributed by atoms with Crippen LogP contribution in [0.5, 0.6) is 0 Å². The van der Waals surface area contributed by atoms with Crippen LogP contribution in [0.1, 0.15) is 18.5 Å². The van der Waals surface area contributed by atoms with Crippen molar-refractivity contribution in [3.05, 3.63) is 29.6 Å². The Labute approximate surface area is 112 Å². The summed E-state index contributed by atoms with van der Waals surface area (Å²) in [5.74, 6) is -0.665. The molecule has 1 fully saturated rings. The van der Waals surface area contributed by atoms with E-state index < -0.39 is 36.7 Å². The molecule has 8 heteroatoms. The van der Waals surface area contributed by atoms with Gasteiger partial charge in [0.2, 0.25) is 0 Å². The minimum atomic E-state index is -4.50. The maximum atomic E-state index is 13.4. The molecule has 0 spiro atoms. The van der Waals surface area contributed by atoms with E-state index in [0.29, 0.717) is 5.56 Å². The molecule has 2 atom stereocenters. The minimum Gasteiger partial charge on any atom is -0.396 e. The number of hydrogen-bond acceptors (Lipinski definition) is 2. The predicted molar refractivity (Wildman–Crippen MR) is 64.3 cm³/mol. The highest BCUT2D eigenvalue weighted by atomic mass is 19.4. The number of alkyl halides is 3. The van der Waals surface area contributed by atoms with Crippen LogP contribution in [0.15, 0.2) is 18.2 Å². The number of urea groups is 1. The summed E-state index contributed by atoms with van der Waals surface area (Å²) in [7, 11) is 0. The molecular formula is C12H13F4N3O. The van der Waals surface area contributed by atoms with Crippen LogP contribution in [0.2, 0.25) is 0 Å². The minimum absolute atomic E-state index is 0.0556.